The normalized spacial score (nSPS) is 14.1. The lowest BCUT2D eigenvalue weighted by Gasteiger charge is -1.96. The highest BCUT2D eigenvalue weighted by Crippen LogP contribution is 2.19. The van der Waals surface area contributed by atoms with Crippen LogP contribution in [0.4, 0.5) is 0 Å². The van der Waals surface area contributed by atoms with Crippen LogP contribution < -0.4 is 10.9 Å². The van der Waals surface area contributed by atoms with Crippen molar-refractivity contribution >= 4 is 5.91 Å². The molecule has 1 aliphatic heterocycles. The van der Waals surface area contributed by atoms with Crippen molar-refractivity contribution < 1.29 is 15.0 Å². The van der Waals surface area contributed by atoms with Gasteiger partial charge in [-0.3, -0.25) is 10.2 Å². The first-order valence-corrected chi connectivity index (χ1v) is 4.60. The van der Waals surface area contributed by atoms with Gasteiger partial charge >= 0.3 is 0 Å². The Hall–Kier alpha value is -1.75. The van der Waals surface area contributed by atoms with Crippen molar-refractivity contribution in [3.8, 4) is 11.5 Å². The zero-order chi connectivity index (χ0) is 11.3. The minimum atomic E-state index is 0.0926. The summed E-state index contributed by atoms with van der Waals surface area (Å²) in [6.45, 7) is 2.51. The molecule has 1 heterocycles. The van der Waals surface area contributed by atoms with Gasteiger partial charge in [-0.15, -0.1) is 0 Å². The summed E-state index contributed by atoms with van der Waals surface area (Å²) in [7, 11) is 0. The molecule has 0 atom stereocenters. The molecule has 1 amide bonds. The number of phenolic OH excluding ortho intramolecular Hbond substituents is 2. The number of amides is 1. The van der Waals surface area contributed by atoms with Gasteiger partial charge in [-0.05, 0) is 30.7 Å². The Kier molecular flexibility index (Phi) is 3.93. The first-order valence-electron chi connectivity index (χ1n) is 4.60. The minimum absolute atomic E-state index is 0.0926. The number of phenols is 2. The third-order valence-corrected chi connectivity index (χ3v) is 1.89. The molecule has 0 unspecified atom stereocenters. The predicted octanol–water partition coefficient (Wildman–Crippen LogP) is 0.417. The molecule has 1 fully saturated rings. The number of aryl methyl sites for hydroxylation is 1. The molecule has 1 saturated heterocycles. The van der Waals surface area contributed by atoms with Crippen LogP contribution in [0.15, 0.2) is 18.2 Å². The first-order chi connectivity index (χ1) is 7.09. The summed E-state index contributed by atoms with van der Waals surface area (Å²) in [6.07, 6.45) is 0.625. The first kappa shape index (κ1) is 11.3. The van der Waals surface area contributed by atoms with Crippen molar-refractivity contribution in [1.29, 1.82) is 0 Å². The van der Waals surface area contributed by atoms with Crippen LogP contribution in [0.5, 0.6) is 11.5 Å². The van der Waals surface area contributed by atoms with Crippen LogP contribution in [0, 0.1) is 6.92 Å². The van der Waals surface area contributed by atoms with Crippen molar-refractivity contribution in [3.05, 3.63) is 23.8 Å². The molecule has 2 rings (SSSR count). The van der Waals surface area contributed by atoms with Gasteiger partial charge in [-0.2, -0.15) is 0 Å². The Morgan fingerprint density at radius 2 is 2.07 bits per heavy atom. The van der Waals surface area contributed by atoms with E-state index in [9.17, 15) is 4.79 Å². The molecule has 0 aliphatic carbocycles. The number of aromatic hydroxyl groups is 2. The van der Waals surface area contributed by atoms with E-state index in [2.05, 4.69) is 10.9 Å². The number of carbonyl (C=O) groups excluding carboxylic acids is 1. The van der Waals surface area contributed by atoms with Gasteiger partial charge in [-0.1, -0.05) is 0 Å². The van der Waals surface area contributed by atoms with E-state index in [1.165, 1.54) is 18.2 Å². The lowest BCUT2D eigenvalue weighted by atomic mass is 10.2. The van der Waals surface area contributed by atoms with E-state index in [1.54, 1.807) is 6.92 Å². The van der Waals surface area contributed by atoms with Gasteiger partial charge in [0.15, 0.2) is 0 Å². The van der Waals surface area contributed by atoms with E-state index >= 15 is 0 Å². The van der Waals surface area contributed by atoms with E-state index in [4.69, 9.17) is 10.2 Å². The topological polar surface area (TPSA) is 81.6 Å². The maximum absolute atomic E-state index is 10.1. The summed E-state index contributed by atoms with van der Waals surface area (Å²) >= 11 is 0. The van der Waals surface area contributed by atoms with E-state index in [-0.39, 0.29) is 17.4 Å². The second-order valence-electron chi connectivity index (χ2n) is 3.20. The molecule has 0 saturated carbocycles. The minimum Gasteiger partial charge on any atom is -0.508 e. The van der Waals surface area contributed by atoms with E-state index in [0.717, 1.165) is 6.54 Å². The summed E-state index contributed by atoms with van der Waals surface area (Å²) in [4.78, 5) is 10.1. The fourth-order valence-corrected chi connectivity index (χ4v) is 1.04. The zero-order valence-corrected chi connectivity index (χ0v) is 8.45. The number of nitrogens with one attached hydrogen (secondary N) is 2. The molecule has 4 N–H and O–H groups in total. The number of rotatable bonds is 0. The van der Waals surface area contributed by atoms with Gasteiger partial charge in [0.2, 0.25) is 5.91 Å². The molecule has 0 bridgehead atoms. The van der Waals surface area contributed by atoms with Crippen LogP contribution in [0.3, 0.4) is 0 Å². The number of benzene rings is 1. The molecular formula is C10H14N2O3. The number of hydrogen-bond donors (Lipinski definition) is 4. The molecular weight excluding hydrogens is 196 g/mol. The molecule has 0 aromatic heterocycles. The third-order valence-electron chi connectivity index (χ3n) is 1.89. The van der Waals surface area contributed by atoms with Gasteiger partial charge in [0.25, 0.3) is 0 Å². The zero-order valence-electron chi connectivity index (χ0n) is 8.45. The molecule has 1 aliphatic rings. The van der Waals surface area contributed by atoms with Gasteiger partial charge in [0, 0.05) is 13.0 Å². The van der Waals surface area contributed by atoms with E-state index in [0.29, 0.717) is 12.0 Å². The van der Waals surface area contributed by atoms with Gasteiger partial charge in [-0.25, -0.2) is 5.43 Å². The second-order valence-corrected chi connectivity index (χ2v) is 3.20. The van der Waals surface area contributed by atoms with Crippen molar-refractivity contribution in [3.63, 3.8) is 0 Å². The standard InChI is InChI=1S/C7H8O2.C3H6N2O/c1-5-4-6(8)2-3-7(5)9;6-3-1-2-4-5-3/h2-4,8-9H,1H3;4H,1-2H2,(H,5,6). The van der Waals surface area contributed by atoms with Crippen LogP contribution in [0.25, 0.3) is 0 Å². The van der Waals surface area contributed by atoms with Crippen molar-refractivity contribution in [1.82, 2.24) is 10.9 Å². The fourth-order valence-electron chi connectivity index (χ4n) is 1.04. The largest absolute Gasteiger partial charge is 0.508 e. The molecule has 1 aromatic rings. The summed E-state index contributed by atoms with van der Waals surface area (Å²) in [5.74, 6) is 0.494. The number of hydrogen-bond acceptors (Lipinski definition) is 4. The average Bonchev–Trinajstić information content (AvgIpc) is 2.64. The monoisotopic (exact) mass is 210 g/mol. The van der Waals surface area contributed by atoms with E-state index in [1.807, 2.05) is 0 Å². The lowest BCUT2D eigenvalue weighted by Crippen LogP contribution is -2.25. The molecule has 0 spiro atoms. The summed E-state index contributed by atoms with van der Waals surface area (Å²) in [5, 5.41) is 17.8. The Morgan fingerprint density at radius 1 is 1.33 bits per heavy atom. The smallest absolute Gasteiger partial charge is 0.235 e. The van der Waals surface area contributed by atoms with Crippen LogP contribution in [-0.2, 0) is 4.79 Å². The van der Waals surface area contributed by atoms with Crippen LogP contribution in [0.2, 0.25) is 0 Å². The Labute approximate surface area is 87.7 Å². The maximum Gasteiger partial charge on any atom is 0.235 e. The van der Waals surface area contributed by atoms with Crippen molar-refractivity contribution in [2.24, 2.45) is 0 Å². The van der Waals surface area contributed by atoms with E-state index < -0.39 is 0 Å². The fraction of sp³-hybridized carbons (Fsp3) is 0.300. The van der Waals surface area contributed by atoms with Crippen LogP contribution >= 0.6 is 0 Å². The SMILES string of the molecule is Cc1cc(O)ccc1O.O=C1CCNN1. The molecule has 0 radical (unpaired) electrons. The third kappa shape index (κ3) is 3.86. The van der Waals surface area contributed by atoms with Crippen molar-refractivity contribution in [2.45, 2.75) is 13.3 Å². The molecule has 1 aromatic carbocycles. The lowest BCUT2D eigenvalue weighted by molar-refractivity contribution is -0.119. The number of carbonyl (C=O) groups is 1. The van der Waals surface area contributed by atoms with Gasteiger partial charge < -0.3 is 10.2 Å². The molecule has 5 nitrogen and oxygen atoms in total. The quantitative estimate of drug-likeness (QED) is 0.468. The van der Waals surface area contributed by atoms with Gasteiger partial charge in [0.1, 0.15) is 11.5 Å². The Morgan fingerprint density at radius 3 is 2.40 bits per heavy atom. The summed E-state index contributed by atoms with van der Waals surface area (Å²) < 4.78 is 0. The average molecular weight is 210 g/mol. The maximum atomic E-state index is 10.1. The van der Waals surface area contributed by atoms with Crippen molar-refractivity contribution in [2.75, 3.05) is 6.54 Å². The highest BCUT2D eigenvalue weighted by atomic mass is 16.3. The summed E-state index contributed by atoms with van der Waals surface area (Å²) in [6, 6.07) is 4.42. The molecule has 82 valence electrons. The molecule has 15 heavy (non-hydrogen) atoms. The second kappa shape index (κ2) is 5.21. The molecule has 5 heteroatoms. The van der Waals surface area contributed by atoms with Crippen LogP contribution in [-0.4, -0.2) is 22.7 Å². The van der Waals surface area contributed by atoms with Gasteiger partial charge in [0.05, 0.1) is 0 Å². The number of hydrazine groups is 1. The Bertz CT molecular complexity index is 345. The van der Waals surface area contributed by atoms with Crippen LogP contribution in [0.1, 0.15) is 12.0 Å². The summed E-state index contributed by atoms with van der Waals surface area (Å²) in [5.41, 5.74) is 5.79. The highest BCUT2D eigenvalue weighted by molar-refractivity contribution is 5.77. The highest BCUT2D eigenvalue weighted by Gasteiger charge is 2.04. The predicted molar refractivity (Wildman–Crippen MR) is 55.3 cm³/mol. The Balaban J connectivity index is 0.000000162.